The van der Waals surface area contributed by atoms with Crippen LogP contribution in [0.1, 0.15) is 0 Å². The van der Waals surface area contributed by atoms with Crippen LogP contribution >= 0.6 is 0 Å². The Kier molecular flexibility index (Phi) is 0.773. The molecule has 0 spiro atoms. The second kappa shape index (κ2) is 1.55. The van der Waals surface area contributed by atoms with Crippen molar-refractivity contribution in [2.24, 2.45) is 0 Å². The summed E-state index contributed by atoms with van der Waals surface area (Å²) >= 11 is 0. The predicted molar refractivity (Wildman–Crippen MR) is 29.5 cm³/mol. The third-order valence-electron chi connectivity index (χ3n) is 1.03. The first-order valence-electron chi connectivity index (χ1n) is 2.47. The highest BCUT2D eigenvalue weighted by Gasteiger charge is 1.94. The number of rotatable bonds is 0. The third-order valence-corrected chi connectivity index (χ3v) is 1.03. The molecule has 1 heterocycles. The van der Waals surface area contributed by atoms with Gasteiger partial charge < -0.3 is 0 Å². The fourth-order valence-electron chi connectivity index (χ4n) is 0.621. The fraction of sp³-hybridized carbons (Fsp3) is 0. The second-order valence-electron chi connectivity index (χ2n) is 1.60. The summed E-state index contributed by atoms with van der Waals surface area (Å²) < 4.78 is 4.41. The molecule has 42 valence electrons. The molecule has 2 rings (SSSR count). The first-order valence-corrected chi connectivity index (χ1v) is 2.47. The van der Waals surface area contributed by atoms with Crippen LogP contribution in [0, 0.1) is 12.1 Å². The van der Waals surface area contributed by atoms with Gasteiger partial charge in [0.25, 0.3) is 0 Å². The molecule has 1 aromatic heterocycles. The van der Waals surface area contributed by atoms with E-state index in [0.717, 1.165) is 0 Å². The molecule has 0 bridgehead atoms. The molecule has 3 heteroatoms. The number of hydrogen-bond donors (Lipinski definition) is 0. The average molecular weight is 118 g/mol. The molecule has 0 unspecified atom stereocenters. The van der Waals surface area contributed by atoms with E-state index in [2.05, 4.69) is 27.1 Å². The molecule has 0 N–H and O–H groups in total. The molecular weight excluding hydrogens is 116 g/mol. The Morgan fingerprint density at radius 1 is 1.44 bits per heavy atom. The topological polar surface area (TPSA) is 38.9 Å². The molecule has 3 nitrogen and oxygen atoms in total. The fourth-order valence-corrected chi connectivity index (χ4v) is 0.621. The van der Waals surface area contributed by atoms with Gasteiger partial charge in [0.2, 0.25) is 0 Å². The van der Waals surface area contributed by atoms with Crippen molar-refractivity contribution in [1.82, 2.24) is 10.3 Å². The lowest BCUT2D eigenvalue weighted by Crippen LogP contribution is -1.65. The van der Waals surface area contributed by atoms with Crippen molar-refractivity contribution in [3.8, 4) is 0 Å². The quantitative estimate of drug-likeness (QED) is 0.514. The van der Waals surface area contributed by atoms with Gasteiger partial charge in [-0.05, 0) is 28.5 Å². The summed E-state index contributed by atoms with van der Waals surface area (Å²) in [6, 6.07) is 8.95. The Labute approximate surface area is 51.2 Å². The van der Waals surface area contributed by atoms with Gasteiger partial charge in [0.1, 0.15) is 11.0 Å². The molecule has 0 aliphatic rings. The van der Waals surface area contributed by atoms with Gasteiger partial charge in [-0.1, -0.05) is 0 Å². The van der Waals surface area contributed by atoms with Crippen molar-refractivity contribution >= 4 is 11.0 Å². The normalized spacial score (nSPS) is 10.2. The van der Waals surface area contributed by atoms with E-state index >= 15 is 0 Å². The number of nitrogens with zero attached hydrogens (tertiary/aromatic N) is 2. The van der Waals surface area contributed by atoms with E-state index in [1.165, 1.54) is 0 Å². The summed E-state index contributed by atoms with van der Waals surface area (Å²) in [7, 11) is 0. The molecule has 0 saturated carbocycles. The lowest BCUT2D eigenvalue weighted by molar-refractivity contribution is 0.315. The average Bonchev–Trinajstić information content (AvgIpc) is 2.33. The maximum atomic E-state index is 4.41. The van der Waals surface area contributed by atoms with Crippen molar-refractivity contribution in [3.05, 3.63) is 24.3 Å². The summed E-state index contributed by atoms with van der Waals surface area (Å²) in [4.78, 5) is 0. The summed E-state index contributed by atoms with van der Waals surface area (Å²) in [5, 5.41) is 7.13. The third kappa shape index (κ3) is 0.579. The molecule has 2 radical (unpaired) electrons. The minimum Gasteiger partial charge on any atom is -0.243 e. The van der Waals surface area contributed by atoms with Crippen molar-refractivity contribution < 1.29 is 4.63 Å². The molecule has 0 atom stereocenters. The van der Waals surface area contributed by atoms with Crippen LogP contribution in [0.25, 0.3) is 11.0 Å². The van der Waals surface area contributed by atoms with E-state index in [4.69, 9.17) is 0 Å². The highest BCUT2D eigenvalue weighted by molar-refractivity contribution is 5.71. The maximum absolute atomic E-state index is 4.41. The zero-order valence-corrected chi connectivity index (χ0v) is 4.46. The molecule has 0 amide bonds. The Morgan fingerprint density at radius 3 is 3.33 bits per heavy atom. The van der Waals surface area contributed by atoms with Gasteiger partial charge >= 0.3 is 0 Å². The van der Waals surface area contributed by atoms with Crippen LogP contribution in [0.2, 0.25) is 0 Å². The molecular formula is C6H2N2O. The highest BCUT2D eigenvalue weighted by Crippen LogP contribution is 2.04. The standard InChI is InChI=1S/C6H2N2O/c1-2-4-6-5(3-1)7-9-8-6/h1,4H. The Balaban J connectivity index is 2.95. The van der Waals surface area contributed by atoms with Gasteiger partial charge in [-0.25, -0.2) is 4.63 Å². The maximum Gasteiger partial charge on any atom is 0.143 e. The molecule has 0 fully saturated rings. The van der Waals surface area contributed by atoms with Gasteiger partial charge in [-0.3, -0.25) is 0 Å². The first kappa shape index (κ1) is 4.49. The lowest BCUT2D eigenvalue weighted by Gasteiger charge is -1.74. The number of hydrogen-bond acceptors (Lipinski definition) is 3. The molecule has 9 heavy (non-hydrogen) atoms. The van der Waals surface area contributed by atoms with E-state index in [0.29, 0.717) is 11.0 Å². The monoisotopic (exact) mass is 118 g/mol. The van der Waals surface area contributed by atoms with Gasteiger partial charge in [0.05, 0.1) is 0 Å². The van der Waals surface area contributed by atoms with Crippen LogP contribution in [-0.2, 0) is 0 Å². The summed E-state index contributed by atoms with van der Waals surface area (Å²) in [6.07, 6.45) is 0. The zero-order chi connectivity index (χ0) is 6.10. The van der Waals surface area contributed by atoms with Crippen molar-refractivity contribution in [2.75, 3.05) is 0 Å². The summed E-state index contributed by atoms with van der Waals surface area (Å²) in [5.41, 5.74) is 1.34. The van der Waals surface area contributed by atoms with Gasteiger partial charge in [0, 0.05) is 6.07 Å². The van der Waals surface area contributed by atoms with Crippen molar-refractivity contribution in [1.29, 1.82) is 0 Å². The van der Waals surface area contributed by atoms with Crippen LogP contribution in [0.4, 0.5) is 0 Å². The SMILES string of the molecule is [c]1c[c]c2nonc2c1. The van der Waals surface area contributed by atoms with Crippen LogP contribution in [-0.4, -0.2) is 10.3 Å². The van der Waals surface area contributed by atoms with Crippen LogP contribution in [0.5, 0.6) is 0 Å². The summed E-state index contributed by atoms with van der Waals surface area (Å²) in [5.74, 6) is 0. The van der Waals surface area contributed by atoms with Crippen LogP contribution in [0.3, 0.4) is 0 Å². The molecule has 1 aromatic carbocycles. The first-order chi connectivity index (χ1) is 4.47. The Bertz CT molecular complexity index is 285. The number of fused-ring (bicyclic) bond motifs is 1. The van der Waals surface area contributed by atoms with Gasteiger partial charge in [0.15, 0.2) is 0 Å². The van der Waals surface area contributed by atoms with E-state index < -0.39 is 0 Å². The molecule has 0 saturated heterocycles. The Morgan fingerprint density at radius 2 is 2.44 bits per heavy atom. The predicted octanol–water partition coefficient (Wildman–Crippen LogP) is 0.823. The highest BCUT2D eigenvalue weighted by atomic mass is 16.6. The lowest BCUT2D eigenvalue weighted by atomic mass is 10.3. The van der Waals surface area contributed by atoms with E-state index in [1.54, 1.807) is 12.1 Å². The minimum absolute atomic E-state index is 0.647. The molecule has 0 aliphatic carbocycles. The van der Waals surface area contributed by atoms with E-state index in [-0.39, 0.29) is 0 Å². The van der Waals surface area contributed by atoms with E-state index in [9.17, 15) is 0 Å². The van der Waals surface area contributed by atoms with Crippen LogP contribution < -0.4 is 0 Å². The number of benzene rings is 1. The van der Waals surface area contributed by atoms with Crippen molar-refractivity contribution in [3.63, 3.8) is 0 Å². The minimum atomic E-state index is 0.647. The van der Waals surface area contributed by atoms with Crippen LogP contribution in [0.15, 0.2) is 16.8 Å². The smallest absolute Gasteiger partial charge is 0.143 e. The zero-order valence-electron chi connectivity index (χ0n) is 4.46. The Hall–Kier alpha value is -1.38. The molecule has 2 aromatic rings. The van der Waals surface area contributed by atoms with Gasteiger partial charge in [-0.2, -0.15) is 0 Å². The van der Waals surface area contributed by atoms with Gasteiger partial charge in [-0.15, -0.1) is 0 Å². The number of aromatic nitrogens is 2. The summed E-state index contributed by atoms with van der Waals surface area (Å²) in [6.45, 7) is 0. The second-order valence-corrected chi connectivity index (χ2v) is 1.60. The van der Waals surface area contributed by atoms with Crippen molar-refractivity contribution in [2.45, 2.75) is 0 Å². The van der Waals surface area contributed by atoms with E-state index in [1.807, 2.05) is 0 Å². The largest absolute Gasteiger partial charge is 0.243 e. The molecule has 0 aliphatic heterocycles.